The molecule has 2 aromatic carbocycles. The Morgan fingerprint density at radius 2 is 1.68 bits per heavy atom. The minimum atomic E-state index is -4.44. The number of piperidine rings is 1. The number of rotatable bonds is 6. The normalized spacial score (nSPS) is 15.4. The average molecular weight is 504 g/mol. The van der Waals surface area contributed by atoms with Gasteiger partial charge in [0.2, 0.25) is 0 Å². The molecule has 1 saturated heterocycles. The number of pyridine rings is 1. The van der Waals surface area contributed by atoms with Crippen LogP contribution in [0, 0.1) is 0 Å². The molecule has 0 amide bonds. The molecule has 1 fully saturated rings. The number of halogens is 3. The Balaban J connectivity index is 1.56. The Labute approximate surface area is 214 Å². The molecule has 1 unspecified atom stereocenters. The topological polar surface area (TPSA) is 62.7 Å². The predicted molar refractivity (Wildman–Crippen MR) is 139 cm³/mol. The van der Waals surface area contributed by atoms with Crippen LogP contribution in [0.15, 0.2) is 79.0 Å². The van der Waals surface area contributed by atoms with Crippen molar-refractivity contribution in [2.45, 2.75) is 37.9 Å². The average Bonchev–Trinajstić information content (AvgIpc) is 2.93. The van der Waals surface area contributed by atoms with Crippen LogP contribution < -0.4 is 10.6 Å². The molecule has 0 saturated carbocycles. The van der Waals surface area contributed by atoms with Crippen LogP contribution in [0.5, 0.6) is 0 Å². The lowest BCUT2D eigenvalue weighted by molar-refractivity contribution is -0.137. The maximum absolute atomic E-state index is 13.5. The van der Waals surface area contributed by atoms with E-state index < -0.39 is 11.7 Å². The van der Waals surface area contributed by atoms with Crippen molar-refractivity contribution >= 4 is 5.82 Å². The third-order valence-corrected chi connectivity index (χ3v) is 6.77. The van der Waals surface area contributed by atoms with Gasteiger partial charge in [0.1, 0.15) is 11.5 Å². The SMILES string of the molecule is CC(Nc1cc(-c2cc(C3CCNCC3)nnc2-c2cccc(C(F)(F)F)c2)ccn1)c1ccccc1. The van der Waals surface area contributed by atoms with E-state index in [1.165, 1.54) is 6.07 Å². The smallest absolute Gasteiger partial charge is 0.364 e. The van der Waals surface area contributed by atoms with Gasteiger partial charge in [-0.3, -0.25) is 0 Å². The van der Waals surface area contributed by atoms with Gasteiger partial charge in [-0.25, -0.2) is 4.98 Å². The van der Waals surface area contributed by atoms with Gasteiger partial charge >= 0.3 is 6.18 Å². The van der Waals surface area contributed by atoms with Gasteiger partial charge in [0.05, 0.1) is 11.3 Å². The first-order valence-corrected chi connectivity index (χ1v) is 12.4. The quantitative estimate of drug-likeness (QED) is 0.301. The molecule has 190 valence electrons. The summed E-state index contributed by atoms with van der Waals surface area (Å²) in [5.41, 5.74) is 3.61. The van der Waals surface area contributed by atoms with E-state index in [1.54, 1.807) is 12.3 Å². The molecule has 5 nitrogen and oxygen atoms in total. The second kappa shape index (κ2) is 10.7. The summed E-state index contributed by atoms with van der Waals surface area (Å²) in [5, 5.41) is 15.7. The number of benzene rings is 2. The summed E-state index contributed by atoms with van der Waals surface area (Å²) in [5.74, 6) is 0.921. The number of anilines is 1. The van der Waals surface area contributed by atoms with Crippen molar-refractivity contribution in [3.05, 3.63) is 95.8 Å². The molecule has 0 spiro atoms. The second-order valence-corrected chi connectivity index (χ2v) is 9.34. The molecule has 1 aliphatic rings. The van der Waals surface area contributed by atoms with Crippen molar-refractivity contribution in [2.75, 3.05) is 18.4 Å². The molecule has 3 heterocycles. The molecular weight excluding hydrogens is 475 g/mol. The summed E-state index contributed by atoms with van der Waals surface area (Å²) in [7, 11) is 0. The first kappa shape index (κ1) is 24.9. The molecular formula is C29H28F3N5. The summed E-state index contributed by atoms with van der Waals surface area (Å²) < 4.78 is 40.4. The third-order valence-electron chi connectivity index (χ3n) is 6.77. The molecule has 5 rings (SSSR count). The highest BCUT2D eigenvalue weighted by atomic mass is 19.4. The lowest BCUT2D eigenvalue weighted by atomic mass is 9.91. The largest absolute Gasteiger partial charge is 0.416 e. The minimum Gasteiger partial charge on any atom is -0.364 e. The van der Waals surface area contributed by atoms with E-state index in [0.29, 0.717) is 17.1 Å². The fraction of sp³-hybridized carbons (Fsp3) is 0.276. The monoisotopic (exact) mass is 503 g/mol. The maximum Gasteiger partial charge on any atom is 0.416 e. The fourth-order valence-corrected chi connectivity index (χ4v) is 4.72. The Morgan fingerprint density at radius 1 is 0.892 bits per heavy atom. The first-order chi connectivity index (χ1) is 17.9. The van der Waals surface area contributed by atoms with Gasteiger partial charge in [0.25, 0.3) is 0 Å². The van der Waals surface area contributed by atoms with Crippen molar-refractivity contribution in [2.24, 2.45) is 0 Å². The predicted octanol–water partition coefficient (Wildman–Crippen LogP) is 6.86. The van der Waals surface area contributed by atoms with Gasteiger partial charge in [0, 0.05) is 29.3 Å². The van der Waals surface area contributed by atoms with Gasteiger partial charge in [0.15, 0.2) is 0 Å². The summed E-state index contributed by atoms with van der Waals surface area (Å²) in [4.78, 5) is 4.49. The number of aromatic nitrogens is 3. The Hall–Kier alpha value is -3.78. The second-order valence-electron chi connectivity index (χ2n) is 9.34. The van der Waals surface area contributed by atoms with Crippen LogP contribution in [0.4, 0.5) is 19.0 Å². The summed E-state index contributed by atoms with van der Waals surface area (Å²) in [6.07, 6.45) is -0.862. The zero-order valence-electron chi connectivity index (χ0n) is 20.5. The van der Waals surface area contributed by atoms with Gasteiger partial charge < -0.3 is 10.6 Å². The van der Waals surface area contributed by atoms with Crippen molar-refractivity contribution in [3.63, 3.8) is 0 Å². The van der Waals surface area contributed by atoms with Gasteiger partial charge in [-0.15, -0.1) is 5.10 Å². The van der Waals surface area contributed by atoms with Crippen LogP contribution in [0.25, 0.3) is 22.4 Å². The molecule has 1 atom stereocenters. The number of hydrogen-bond donors (Lipinski definition) is 2. The van der Waals surface area contributed by atoms with E-state index in [1.807, 2.05) is 48.5 Å². The molecule has 4 aromatic rings. The Kier molecular flexibility index (Phi) is 7.19. The van der Waals surface area contributed by atoms with Crippen molar-refractivity contribution in [3.8, 4) is 22.4 Å². The van der Waals surface area contributed by atoms with Crippen LogP contribution >= 0.6 is 0 Å². The van der Waals surface area contributed by atoms with Crippen molar-refractivity contribution in [1.29, 1.82) is 0 Å². The van der Waals surface area contributed by atoms with Crippen LogP contribution in [0.3, 0.4) is 0 Å². The molecule has 0 bridgehead atoms. The summed E-state index contributed by atoms with van der Waals surface area (Å²) >= 11 is 0. The molecule has 1 aliphatic heterocycles. The number of alkyl halides is 3. The number of nitrogens with one attached hydrogen (secondary N) is 2. The molecule has 8 heteroatoms. The maximum atomic E-state index is 13.5. The van der Waals surface area contributed by atoms with Crippen LogP contribution in [0.2, 0.25) is 0 Å². The minimum absolute atomic E-state index is 0.0211. The van der Waals surface area contributed by atoms with Crippen molar-refractivity contribution < 1.29 is 13.2 Å². The number of nitrogens with zero attached hydrogens (tertiary/aromatic N) is 3. The molecule has 0 aliphatic carbocycles. The molecule has 0 radical (unpaired) electrons. The zero-order chi connectivity index (χ0) is 25.8. The van der Waals surface area contributed by atoms with E-state index in [0.717, 1.165) is 60.4 Å². The first-order valence-electron chi connectivity index (χ1n) is 12.4. The van der Waals surface area contributed by atoms with E-state index >= 15 is 0 Å². The standard InChI is InChI=1S/C29H28F3N5/c1-19(20-6-3-2-4-7-20)35-27-17-22(12-15-34-27)25-18-26(21-10-13-33-14-11-21)36-37-28(25)23-8-5-9-24(16-23)29(30,31)32/h2-9,12,15-19,21,33H,10-11,13-14H2,1H3,(H,34,35). The lowest BCUT2D eigenvalue weighted by Gasteiger charge is -2.23. The van der Waals surface area contributed by atoms with Crippen LogP contribution in [0.1, 0.15) is 48.5 Å². The van der Waals surface area contributed by atoms with Crippen LogP contribution in [-0.4, -0.2) is 28.3 Å². The van der Waals surface area contributed by atoms with Gasteiger partial charge in [-0.1, -0.05) is 42.5 Å². The highest BCUT2D eigenvalue weighted by molar-refractivity contribution is 5.81. The van der Waals surface area contributed by atoms with Crippen LogP contribution in [-0.2, 0) is 6.18 Å². The van der Waals surface area contributed by atoms with E-state index in [-0.39, 0.29) is 12.0 Å². The Bertz CT molecular complexity index is 1350. The van der Waals surface area contributed by atoms with E-state index in [9.17, 15) is 13.2 Å². The highest BCUT2D eigenvalue weighted by Gasteiger charge is 2.31. The zero-order valence-corrected chi connectivity index (χ0v) is 20.5. The van der Waals surface area contributed by atoms with Gasteiger partial charge in [-0.05, 0) is 74.3 Å². The molecule has 37 heavy (non-hydrogen) atoms. The summed E-state index contributed by atoms with van der Waals surface area (Å²) in [6.45, 7) is 3.86. The Morgan fingerprint density at radius 3 is 2.43 bits per heavy atom. The third kappa shape index (κ3) is 5.80. The lowest BCUT2D eigenvalue weighted by Crippen LogP contribution is -2.27. The molecule has 2 aromatic heterocycles. The highest BCUT2D eigenvalue weighted by Crippen LogP contribution is 2.37. The van der Waals surface area contributed by atoms with E-state index in [2.05, 4.69) is 32.7 Å². The number of hydrogen-bond acceptors (Lipinski definition) is 5. The molecule has 2 N–H and O–H groups in total. The van der Waals surface area contributed by atoms with E-state index in [4.69, 9.17) is 0 Å². The summed E-state index contributed by atoms with van der Waals surface area (Å²) in [6, 6.07) is 21.1. The fourth-order valence-electron chi connectivity index (χ4n) is 4.72. The van der Waals surface area contributed by atoms with Gasteiger partial charge in [-0.2, -0.15) is 18.3 Å². The van der Waals surface area contributed by atoms with Crippen molar-refractivity contribution in [1.82, 2.24) is 20.5 Å².